The van der Waals surface area contributed by atoms with Crippen molar-refractivity contribution >= 4 is 34.8 Å². The number of nitrogens with zero attached hydrogens (tertiary/aromatic N) is 6. The Labute approximate surface area is 214 Å². The van der Waals surface area contributed by atoms with Gasteiger partial charge in [0.15, 0.2) is 5.82 Å². The predicted octanol–water partition coefficient (Wildman–Crippen LogP) is 5.75. The van der Waals surface area contributed by atoms with Crippen LogP contribution in [0.1, 0.15) is 11.7 Å². The SMILES string of the molecule is COc1cc(-c2nnc(C#Cc3nnc(-c4ccc(Cl)cc4Cl)n3-c3ccccc3Cl)o2)ccn1. The fraction of sp³-hybridized carbons (Fsp3) is 0.0417. The van der Waals surface area contributed by atoms with Gasteiger partial charge in [0.1, 0.15) is 0 Å². The Morgan fingerprint density at radius 3 is 2.54 bits per heavy atom. The van der Waals surface area contributed by atoms with E-state index in [0.29, 0.717) is 49.4 Å². The summed E-state index contributed by atoms with van der Waals surface area (Å²) in [5.74, 6) is 7.31. The van der Waals surface area contributed by atoms with Gasteiger partial charge in [-0.25, -0.2) is 4.98 Å². The van der Waals surface area contributed by atoms with Crippen LogP contribution in [-0.4, -0.2) is 37.1 Å². The summed E-state index contributed by atoms with van der Waals surface area (Å²) in [6, 6.07) is 15.8. The average molecular weight is 524 g/mol. The van der Waals surface area contributed by atoms with E-state index in [-0.39, 0.29) is 11.8 Å². The molecule has 0 bridgehead atoms. The zero-order chi connectivity index (χ0) is 24.4. The van der Waals surface area contributed by atoms with Crippen LogP contribution in [0.4, 0.5) is 0 Å². The maximum Gasteiger partial charge on any atom is 0.294 e. The van der Waals surface area contributed by atoms with Gasteiger partial charge in [0.2, 0.25) is 17.6 Å². The first kappa shape index (κ1) is 22.9. The van der Waals surface area contributed by atoms with Gasteiger partial charge in [-0.15, -0.1) is 15.3 Å². The molecule has 3 aromatic heterocycles. The lowest BCUT2D eigenvalue weighted by Gasteiger charge is -2.11. The van der Waals surface area contributed by atoms with Gasteiger partial charge in [0.05, 0.1) is 22.8 Å². The highest BCUT2D eigenvalue weighted by atomic mass is 35.5. The molecule has 0 atom stereocenters. The van der Waals surface area contributed by atoms with E-state index in [2.05, 4.69) is 37.2 Å². The highest BCUT2D eigenvalue weighted by Crippen LogP contribution is 2.33. The van der Waals surface area contributed by atoms with E-state index < -0.39 is 0 Å². The van der Waals surface area contributed by atoms with E-state index in [4.69, 9.17) is 44.0 Å². The third-order valence-corrected chi connectivity index (χ3v) is 5.69. The number of aromatic nitrogens is 6. The molecule has 3 heterocycles. The van der Waals surface area contributed by atoms with Crippen molar-refractivity contribution in [2.45, 2.75) is 0 Å². The number of pyridine rings is 1. The van der Waals surface area contributed by atoms with Crippen molar-refractivity contribution in [2.24, 2.45) is 0 Å². The zero-order valence-corrected chi connectivity index (χ0v) is 20.2. The zero-order valence-electron chi connectivity index (χ0n) is 17.9. The fourth-order valence-corrected chi connectivity index (χ4v) is 3.94. The molecule has 0 unspecified atom stereocenters. The fourth-order valence-electron chi connectivity index (χ4n) is 3.23. The predicted molar refractivity (Wildman–Crippen MR) is 132 cm³/mol. The minimum absolute atomic E-state index is 0.0931. The molecule has 0 amide bonds. The van der Waals surface area contributed by atoms with Gasteiger partial charge in [0.25, 0.3) is 5.89 Å². The number of methoxy groups -OCH3 is 1. The van der Waals surface area contributed by atoms with E-state index in [1.165, 1.54) is 7.11 Å². The molecule has 35 heavy (non-hydrogen) atoms. The van der Waals surface area contributed by atoms with E-state index in [1.54, 1.807) is 47.2 Å². The van der Waals surface area contributed by atoms with Gasteiger partial charge in [0, 0.05) is 34.3 Å². The highest BCUT2D eigenvalue weighted by Gasteiger charge is 2.19. The molecule has 0 saturated carbocycles. The van der Waals surface area contributed by atoms with E-state index in [1.807, 2.05) is 18.2 Å². The summed E-state index contributed by atoms with van der Waals surface area (Å²) in [6.07, 6.45) is 1.58. The molecule has 0 N–H and O–H groups in total. The summed E-state index contributed by atoms with van der Waals surface area (Å²) in [6.45, 7) is 0. The van der Waals surface area contributed by atoms with Gasteiger partial charge >= 0.3 is 0 Å². The molecule has 0 aliphatic heterocycles. The summed E-state index contributed by atoms with van der Waals surface area (Å²) in [5.41, 5.74) is 1.89. The largest absolute Gasteiger partial charge is 0.481 e. The third-order valence-electron chi connectivity index (χ3n) is 4.83. The van der Waals surface area contributed by atoms with E-state index in [0.717, 1.165) is 0 Å². The first-order valence-corrected chi connectivity index (χ1v) is 11.2. The molecule has 11 heteroatoms. The normalized spacial score (nSPS) is 10.6. The Kier molecular flexibility index (Phi) is 6.38. The monoisotopic (exact) mass is 522 g/mol. The molecule has 0 aliphatic rings. The number of para-hydroxylation sites is 1. The number of hydrogen-bond acceptors (Lipinski definition) is 7. The molecular formula is C24H13Cl3N6O2. The van der Waals surface area contributed by atoms with Crippen molar-refractivity contribution in [3.8, 4) is 46.3 Å². The summed E-state index contributed by atoms with van der Waals surface area (Å²) in [7, 11) is 1.53. The van der Waals surface area contributed by atoms with Gasteiger partial charge in [-0.05, 0) is 42.3 Å². The first-order chi connectivity index (χ1) is 17.0. The topological polar surface area (TPSA) is 91.8 Å². The lowest BCUT2D eigenvalue weighted by Crippen LogP contribution is -2.02. The standard InChI is InChI=1S/C24H13Cl3N6O2/c1-34-22-12-14(10-11-28-22)24-32-30-21(35-24)9-8-20-29-31-23(16-7-6-15(25)13-18(16)27)33(20)19-5-3-2-4-17(19)26/h2-7,10-13H,1H3. The average Bonchev–Trinajstić information content (AvgIpc) is 3.50. The van der Waals surface area contributed by atoms with Crippen molar-refractivity contribution in [3.05, 3.63) is 87.6 Å². The molecule has 0 saturated heterocycles. The smallest absolute Gasteiger partial charge is 0.294 e. The lowest BCUT2D eigenvalue weighted by molar-refractivity contribution is 0.398. The number of benzene rings is 2. The molecule has 0 radical (unpaired) electrons. The van der Waals surface area contributed by atoms with Crippen LogP contribution >= 0.6 is 34.8 Å². The second kappa shape index (κ2) is 9.76. The highest BCUT2D eigenvalue weighted by molar-refractivity contribution is 6.36. The van der Waals surface area contributed by atoms with Crippen molar-refractivity contribution in [1.82, 2.24) is 29.9 Å². The summed E-state index contributed by atoms with van der Waals surface area (Å²) < 4.78 is 12.5. The van der Waals surface area contributed by atoms with Crippen molar-refractivity contribution in [3.63, 3.8) is 0 Å². The Balaban J connectivity index is 1.58. The molecule has 172 valence electrons. The van der Waals surface area contributed by atoms with E-state index in [9.17, 15) is 0 Å². The Morgan fingerprint density at radius 2 is 1.74 bits per heavy atom. The second-order valence-corrected chi connectivity index (χ2v) is 8.26. The summed E-state index contributed by atoms with van der Waals surface area (Å²) >= 11 is 19.0. The van der Waals surface area contributed by atoms with Crippen molar-refractivity contribution in [2.75, 3.05) is 7.11 Å². The minimum Gasteiger partial charge on any atom is -0.481 e. The first-order valence-electron chi connectivity index (χ1n) is 10.0. The Bertz CT molecular complexity index is 1600. The molecular weight excluding hydrogens is 511 g/mol. The van der Waals surface area contributed by atoms with Crippen LogP contribution in [0, 0.1) is 11.8 Å². The van der Waals surface area contributed by atoms with Crippen LogP contribution in [0.5, 0.6) is 5.88 Å². The van der Waals surface area contributed by atoms with Crippen LogP contribution in [0.3, 0.4) is 0 Å². The Morgan fingerprint density at radius 1 is 0.886 bits per heavy atom. The lowest BCUT2D eigenvalue weighted by atomic mass is 10.2. The van der Waals surface area contributed by atoms with Crippen LogP contribution in [0.2, 0.25) is 15.1 Å². The summed E-state index contributed by atoms with van der Waals surface area (Å²) in [5, 5.41) is 18.0. The Hall–Kier alpha value is -3.90. The van der Waals surface area contributed by atoms with Gasteiger partial charge in [-0.1, -0.05) is 52.0 Å². The third kappa shape index (κ3) is 4.70. The second-order valence-electron chi connectivity index (χ2n) is 7.01. The van der Waals surface area contributed by atoms with E-state index >= 15 is 0 Å². The molecule has 5 aromatic rings. The van der Waals surface area contributed by atoms with Gasteiger partial charge in [-0.2, -0.15) is 0 Å². The molecule has 2 aromatic carbocycles. The van der Waals surface area contributed by atoms with Crippen molar-refractivity contribution < 1.29 is 9.15 Å². The van der Waals surface area contributed by atoms with Crippen LogP contribution in [0.15, 0.2) is 65.2 Å². The minimum atomic E-state index is 0.0931. The number of hydrogen-bond donors (Lipinski definition) is 0. The molecule has 0 aliphatic carbocycles. The quantitative estimate of drug-likeness (QED) is 0.277. The number of rotatable bonds is 4. The van der Waals surface area contributed by atoms with Crippen molar-refractivity contribution in [1.29, 1.82) is 0 Å². The van der Waals surface area contributed by atoms with Crippen LogP contribution in [0.25, 0.3) is 28.5 Å². The van der Waals surface area contributed by atoms with Gasteiger partial charge in [-0.3, -0.25) is 4.57 Å². The summed E-state index contributed by atoms with van der Waals surface area (Å²) in [4.78, 5) is 4.06. The van der Waals surface area contributed by atoms with Crippen LogP contribution in [-0.2, 0) is 0 Å². The van der Waals surface area contributed by atoms with Crippen LogP contribution < -0.4 is 4.74 Å². The molecule has 0 fully saturated rings. The molecule has 5 rings (SSSR count). The maximum atomic E-state index is 6.49. The maximum absolute atomic E-state index is 6.49. The number of halogens is 3. The molecule has 0 spiro atoms. The van der Waals surface area contributed by atoms with Gasteiger partial charge < -0.3 is 9.15 Å². The number of ether oxygens (including phenoxy) is 1. The molecule has 8 nitrogen and oxygen atoms in total.